The maximum absolute atomic E-state index is 12.9. The number of amidine groups is 1. The molecule has 1 amide bonds. The second-order valence-corrected chi connectivity index (χ2v) is 5.97. The normalized spacial score (nSPS) is 28.2. The third-order valence-electron chi connectivity index (χ3n) is 4.78. The summed E-state index contributed by atoms with van der Waals surface area (Å²) in [6.07, 6.45) is 7.80. The number of amides is 1. The van der Waals surface area contributed by atoms with E-state index in [1.807, 2.05) is 4.90 Å². The Bertz CT molecular complexity index is 362. The van der Waals surface area contributed by atoms with Crippen LogP contribution in [0.4, 0.5) is 0 Å². The first kappa shape index (κ1) is 14.2. The summed E-state index contributed by atoms with van der Waals surface area (Å²) >= 11 is 0. The highest BCUT2D eigenvalue weighted by Crippen LogP contribution is 2.39. The number of likely N-dealkylation sites (tertiary alicyclic amines) is 1. The molecule has 1 atom stereocenters. The molecule has 2 fully saturated rings. The fourth-order valence-corrected chi connectivity index (χ4v) is 3.51. The molecule has 1 aliphatic heterocycles. The standard InChI is InChI=1S/C14H25N3O2/c1-11-7-3-6-10-17(11)13(18)14(12(15)16-19)8-4-2-5-9-14/h11,19H,2-10H2,1H3,(H2,15,16). The minimum absolute atomic E-state index is 0.0784. The van der Waals surface area contributed by atoms with E-state index in [9.17, 15) is 4.79 Å². The van der Waals surface area contributed by atoms with E-state index in [1.165, 1.54) is 6.42 Å². The van der Waals surface area contributed by atoms with Crippen molar-refractivity contribution in [2.24, 2.45) is 16.3 Å². The SMILES string of the molecule is CC1CCCCN1C(=O)C1(C(N)=NO)CCCCC1. The summed E-state index contributed by atoms with van der Waals surface area (Å²) in [5, 5.41) is 12.2. The summed E-state index contributed by atoms with van der Waals surface area (Å²) < 4.78 is 0. The molecule has 0 aromatic heterocycles. The zero-order valence-corrected chi connectivity index (χ0v) is 11.8. The first-order valence-electron chi connectivity index (χ1n) is 7.41. The Morgan fingerprint density at radius 3 is 2.53 bits per heavy atom. The summed E-state index contributed by atoms with van der Waals surface area (Å²) in [6.45, 7) is 2.90. The molecular formula is C14H25N3O2. The maximum Gasteiger partial charge on any atom is 0.236 e. The number of carbonyl (C=O) groups excluding carboxylic acids is 1. The van der Waals surface area contributed by atoms with E-state index in [1.54, 1.807) is 0 Å². The lowest BCUT2D eigenvalue weighted by atomic mass is 9.71. The van der Waals surface area contributed by atoms with Crippen LogP contribution >= 0.6 is 0 Å². The lowest BCUT2D eigenvalue weighted by Gasteiger charge is -2.42. The first-order valence-corrected chi connectivity index (χ1v) is 7.41. The van der Waals surface area contributed by atoms with E-state index in [0.717, 1.165) is 38.6 Å². The van der Waals surface area contributed by atoms with Gasteiger partial charge in [0.05, 0.1) is 0 Å². The Labute approximate surface area is 114 Å². The van der Waals surface area contributed by atoms with E-state index >= 15 is 0 Å². The lowest BCUT2D eigenvalue weighted by molar-refractivity contribution is -0.143. The molecule has 19 heavy (non-hydrogen) atoms. The number of carbonyl (C=O) groups is 1. The molecular weight excluding hydrogens is 242 g/mol. The zero-order valence-electron chi connectivity index (χ0n) is 11.8. The van der Waals surface area contributed by atoms with Crippen molar-refractivity contribution >= 4 is 11.7 Å². The summed E-state index contributed by atoms with van der Waals surface area (Å²) in [7, 11) is 0. The zero-order chi connectivity index (χ0) is 13.9. The van der Waals surface area contributed by atoms with Gasteiger partial charge in [-0.05, 0) is 39.0 Å². The van der Waals surface area contributed by atoms with Gasteiger partial charge in [-0.3, -0.25) is 4.79 Å². The smallest absolute Gasteiger partial charge is 0.236 e. The minimum atomic E-state index is -0.751. The first-order chi connectivity index (χ1) is 9.12. The van der Waals surface area contributed by atoms with Gasteiger partial charge in [0.25, 0.3) is 0 Å². The van der Waals surface area contributed by atoms with Crippen molar-refractivity contribution in [3.05, 3.63) is 0 Å². The number of oxime groups is 1. The van der Waals surface area contributed by atoms with Crippen molar-refractivity contribution in [3.63, 3.8) is 0 Å². The largest absolute Gasteiger partial charge is 0.409 e. The highest BCUT2D eigenvalue weighted by molar-refractivity contribution is 6.06. The summed E-state index contributed by atoms with van der Waals surface area (Å²) in [5.74, 6) is 0.185. The van der Waals surface area contributed by atoms with Crippen molar-refractivity contribution in [2.45, 2.75) is 64.3 Å². The average Bonchev–Trinajstić information content (AvgIpc) is 2.47. The van der Waals surface area contributed by atoms with Gasteiger partial charge in [0.15, 0.2) is 5.84 Å². The van der Waals surface area contributed by atoms with Crippen LogP contribution in [0, 0.1) is 5.41 Å². The van der Waals surface area contributed by atoms with Gasteiger partial charge >= 0.3 is 0 Å². The van der Waals surface area contributed by atoms with Gasteiger partial charge in [-0.15, -0.1) is 0 Å². The van der Waals surface area contributed by atoms with E-state index in [2.05, 4.69) is 12.1 Å². The molecule has 0 aromatic rings. The Hall–Kier alpha value is -1.26. The van der Waals surface area contributed by atoms with E-state index < -0.39 is 5.41 Å². The molecule has 2 aliphatic rings. The van der Waals surface area contributed by atoms with Crippen LogP contribution in [0.2, 0.25) is 0 Å². The average molecular weight is 267 g/mol. The van der Waals surface area contributed by atoms with E-state index in [-0.39, 0.29) is 17.8 Å². The third kappa shape index (κ3) is 2.55. The van der Waals surface area contributed by atoms with Crippen LogP contribution < -0.4 is 5.73 Å². The molecule has 1 saturated carbocycles. The van der Waals surface area contributed by atoms with Crippen LogP contribution in [0.5, 0.6) is 0 Å². The van der Waals surface area contributed by atoms with Gasteiger partial charge in [0.1, 0.15) is 5.41 Å². The number of hydrogen-bond acceptors (Lipinski definition) is 3. The number of rotatable bonds is 2. The number of nitrogens with zero attached hydrogens (tertiary/aromatic N) is 2. The van der Waals surface area contributed by atoms with Crippen LogP contribution in [-0.2, 0) is 4.79 Å². The molecule has 0 radical (unpaired) electrons. The van der Waals surface area contributed by atoms with Gasteiger partial charge < -0.3 is 15.8 Å². The minimum Gasteiger partial charge on any atom is -0.409 e. The van der Waals surface area contributed by atoms with Crippen LogP contribution in [-0.4, -0.2) is 34.4 Å². The van der Waals surface area contributed by atoms with Crippen molar-refractivity contribution in [1.82, 2.24) is 4.90 Å². The molecule has 3 N–H and O–H groups in total. The van der Waals surface area contributed by atoms with Crippen molar-refractivity contribution in [3.8, 4) is 0 Å². The van der Waals surface area contributed by atoms with Crippen LogP contribution in [0.3, 0.4) is 0 Å². The Kier molecular flexibility index (Phi) is 4.32. The third-order valence-corrected chi connectivity index (χ3v) is 4.78. The number of hydrogen-bond donors (Lipinski definition) is 2. The van der Waals surface area contributed by atoms with Gasteiger partial charge in [-0.2, -0.15) is 0 Å². The molecule has 1 aliphatic carbocycles. The monoisotopic (exact) mass is 267 g/mol. The van der Waals surface area contributed by atoms with Crippen molar-refractivity contribution in [2.75, 3.05) is 6.54 Å². The second-order valence-electron chi connectivity index (χ2n) is 5.97. The molecule has 1 saturated heterocycles. The van der Waals surface area contributed by atoms with Gasteiger partial charge in [-0.25, -0.2) is 0 Å². The second kappa shape index (κ2) is 5.80. The van der Waals surface area contributed by atoms with E-state index in [0.29, 0.717) is 12.8 Å². The highest BCUT2D eigenvalue weighted by atomic mass is 16.4. The van der Waals surface area contributed by atoms with Gasteiger partial charge in [-0.1, -0.05) is 24.4 Å². The molecule has 108 valence electrons. The maximum atomic E-state index is 12.9. The molecule has 5 heteroatoms. The lowest BCUT2D eigenvalue weighted by Crippen LogP contribution is -2.55. The number of nitrogens with two attached hydrogens (primary N) is 1. The molecule has 0 aromatic carbocycles. The summed E-state index contributed by atoms with van der Waals surface area (Å²) in [5.41, 5.74) is 5.14. The molecule has 1 heterocycles. The topological polar surface area (TPSA) is 78.9 Å². The molecule has 2 rings (SSSR count). The quantitative estimate of drug-likeness (QED) is 0.348. The predicted octanol–water partition coefficient (Wildman–Crippen LogP) is 2.08. The van der Waals surface area contributed by atoms with Crippen LogP contribution in [0.25, 0.3) is 0 Å². The summed E-state index contributed by atoms with van der Waals surface area (Å²) in [6, 6.07) is 0.270. The van der Waals surface area contributed by atoms with Crippen molar-refractivity contribution < 1.29 is 10.0 Å². The number of piperidine rings is 1. The molecule has 1 unspecified atom stereocenters. The Morgan fingerprint density at radius 1 is 1.26 bits per heavy atom. The Balaban J connectivity index is 2.24. The molecule has 0 bridgehead atoms. The van der Waals surface area contributed by atoms with Crippen LogP contribution in [0.1, 0.15) is 58.3 Å². The molecule has 0 spiro atoms. The van der Waals surface area contributed by atoms with Crippen LogP contribution in [0.15, 0.2) is 5.16 Å². The van der Waals surface area contributed by atoms with Gasteiger partial charge in [0.2, 0.25) is 5.91 Å². The Morgan fingerprint density at radius 2 is 1.95 bits per heavy atom. The summed E-state index contributed by atoms with van der Waals surface area (Å²) in [4.78, 5) is 14.9. The molecule has 5 nitrogen and oxygen atoms in total. The highest BCUT2D eigenvalue weighted by Gasteiger charge is 2.47. The fraction of sp³-hybridized carbons (Fsp3) is 0.857. The van der Waals surface area contributed by atoms with Crippen molar-refractivity contribution in [1.29, 1.82) is 0 Å². The van der Waals surface area contributed by atoms with Gasteiger partial charge in [0, 0.05) is 12.6 Å². The fourth-order valence-electron chi connectivity index (χ4n) is 3.51. The van der Waals surface area contributed by atoms with E-state index in [4.69, 9.17) is 10.9 Å². The predicted molar refractivity (Wildman–Crippen MR) is 74.0 cm³/mol.